The van der Waals surface area contributed by atoms with Crippen molar-refractivity contribution in [1.29, 1.82) is 0 Å². The topological polar surface area (TPSA) is 306 Å². The maximum atomic E-state index is 11.2. The van der Waals surface area contributed by atoms with E-state index >= 15 is 0 Å². The second-order valence-corrected chi connectivity index (χ2v) is 23.0. The summed E-state index contributed by atoms with van der Waals surface area (Å²) in [6.07, 6.45) is -11.1. The summed E-state index contributed by atoms with van der Waals surface area (Å²) < 4.78 is 54.7. The molecule has 11 N–H and O–H groups in total. The summed E-state index contributed by atoms with van der Waals surface area (Å²) in [4.78, 5) is 0. The lowest BCUT2D eigenvalue weighted by Gasteiger charge is -2.58. The summed E-state index contributed by atoms with van der Waals surface area (Å²) in [5.41, 5.74) is 1.79. The Morgan fingerprint density at radius 3 is 1.91 bits per heavy atom. The lowest BCUT2D eigenvalue weighted by molar-refractivity contribution is -0.360. The lowest BCUT2D eigenvalue weighted by atomic mass is 9.47. The Morgan fingerprint density at radius 1 is 0.671 bits per heavy atom. The van der Waals surface area contributed by atoms with E-state index in [2.05, 4.69) is 33.8 Å². The number of rotatable bonds is 15. The minimum absolute atomic E-state index is 0.0308. The molecule has 9 aliphatic rings. The van der Waals surface area contributed by atoms with E-state index in [0.717, 1.165) is 51.6 Å². The van der Waals surface area contributed by atoms with Crippen molar-refractivity contribution in [3.8, 4) is 0 Å². The smallest absolute Gasteiger partial charge is 0.187 e. The highest BCUT2D eigenvalue weighted by Gasteiger charge is 2.69. The lowest BCUT2D eigenvalue weighted by Crippen LogP contribution is -2.64. The van der Waals surface area contributed by atoms with Crippen LogP contribution in [0.15, 0.2) is 11.6 Å². The van der Waals surface area contributed by atoms with Gasteiger partial charge in [0.2, 0.25) is 0 Å². The SMILES string of the molecule is C[C@@H]1CC[C@@]2(OC1)O[C@H]1C[C@H]3[C@@H]4CC=C5C[C@@H](OCC[C@@H](CO[C@H]6O[C@H](CO)[C@@H](O)[C@H](O)[C@H]6O)CO[C@H]6O[C@H](CO)[C@@H](O[C@H]7O[C@H](CO)[C@@H](O)[C@H](O)[C@H]7O)[C@H](O)[C@H]6O)CC[C@]5(C)[C@H]4CC[C@]3(C)[C@H]1[C@@H]2C. The molecular weight excluding hydrogens is 921 g/mol. The van der Waals surface area contributed by atoms with Crippen molar-refractivity contribution in [2.75, 3.05) is 46.2 Å². The number of fused-ring (bicyclic) bond motifs is 7. The number of allylic oxidation sites excluding steroid dienone is 1. The predicted molar refractivity (Wildman–Crippen MR) is 242 cm³/mol. The van der Waals surface area contributed by atoms with Gasteiger partial charge in [0.15, 0.2) is 24.7 Å². The molecule has 0 bridgehead atoms. The molecule has 0 unspecified atom stereocenters. The first-order valence-corrected chi connectivity index (χ1v) is 26.1. The Morgan fingerprint density at radius 2 is 1.29 bits per heavy atom. The van der Waals surface area contributed by atoms with Crippen molar-refractivity contribution in [2.24, 2.45) is 52.3 Å². The zero-order valence-corrected chi connectivity index (χ0v) is 41.0. The van der Waals surface area contributed by atoms with Crippen LogP contribution in [0, 0.1) is 52.3 Å². The third-order valence-electron chi connectivity index (χ3n) is 19.0. The van der Waals surface area contributed by atoms with Gasteiger partial charge in [-0.2, -0.15) is 0 Å². The first kappa shape index (κ1) is 53.8. The highest BCUT2D eigenvalue weighted by Crippen LogP contribution is 2.70. The Bertz CT molecular complexity index is 1760. The van der Waals surface area contributed by atoms with Crippen LogP contribution in [0.25, 0.3) is 0 Å². The summed E-state index contributed by atoms with van der Waals surface area (Å²) in [5, 5.41) is 114. The van der Waals surface area contributed by atoms with Gasteiger partial charge in [0, 0.05) is 24.9 Å². The number of aliphatic hydroxyl groups is 11. The minimum atomic E-state index is -1.82. The van der Waals surface area contributed by atoms with Crippen LogP contribution in [0.4, 0.5) is 0 Å². The molecule has 20 nitrogen and oxygen atoms in total. The van der Waals surface area contributed by atoms with E-state index in [4.69, 9.17) is 42.6 Å². The van der Waals surface area contributed by atoms with Gasteiger partial charge in [-0.3, -0.25) is 0 Å². The van der Waals surface area contributed by atoms with Gasteiger partial charge >= 0.3 is 0 Å². The Hall–Kier alpha value is -1.06. The van der Waals surface area contributed by atoms with E-state index in [1.165, 1.54) is 18.4 Å². The summed E-state index contributed by atoms with van der Waals surface area (Å²) in [5.74, 6) is 2.32. The molecule has 70 heavy (non-hydrogen) atoms. The third kappa shape index (κ3) is 9.73. The van der Waals surface area contributed by atoms with Crippen LogP contribution in [0.1, 0.15) is 91.9 Å². The molecule has 0 aromatic carbocycles. The normalized spacial score (nSPS) is 52.9. The maximum absolute atomic E-state index is 11.2. The van der Waals surface area contributed by atoms with Gasteiger partial charge in [-0.05, 0) is 98.2 Å². The minimum Gasteiger partial charge on any atom is -0.394 e. The highest BCUT2D eigenvalue weighted by atomic mass is 16.7. The molecular formula is C50H82O20. The average molecular weight is 1000 g/mol. The van der Waals surface area contributed by atoms with E-state index in [1.807, 2.05) is 0 Å². The van der Waals surface area contributed by atoms with Gasteiger partial charge in [0.1, 0.15) is 73.2 Å². The van der Waals surface area contributed by atoms with Crippen molar-refractivity contribution in [1.82, 2.24) is 0 Å². The molecule has 402 valence electrons. The van der Waals surface area contributed by atoms with Crippen LogP contribution >= 0.6 is 0 Å². The van der Waals surface area contributed by atoms with E-state index in [1.54, 1.807) is 0 Å². The first-order chi connectivity index (χ1) is 33.4. The number of ether oxygens (including phenoxy) is 9. The molecule has 3 saturated carbocycles. The maximum Gasteiger partial charge on any atom is 0.187 e. The summed E-state index contributed by atoms with van der Waals surface area (Å²) in [7, 11) is 0. The van der Waals surface area contributed by atoms with E-state index < -0.39 is 124 Å². The molecule has 0 radical (unpaired) electrons. The largest absolute Gasteiger partial charge is 0.394 e. The summed E-state index contributed by atoms with van der Waals surface area (Å²) in [6, 6.07) is 0. The van der Waals surface area contributed by atoms with Gasteiger partial charge in [-0.1, -0.05) is 39.3 Å². The molecule has 0 aromatic heterocycles. The quantitative estimate of drug-likeness (QED) is 0.0896. The van der Waals surface area contributed by atoms with E-state index in [9.17, 15) is 56.2 Å². The number of aliphatic hydroxyl groups excluding tert-OH is 11. The van der Waals surface area contributed by atoms with Crippen molar-refractivity contribution >= 4 is 0 Å². The molecule has 5 aliphatic heterocycles. The number of hydrogen-bond donors (Lipinski definition) is 11. The van der Waals surface area contributed by atoms with E-state index in [-0.39, 0.29) is 42.9 Å². The predicted octanol–water partition coefficient (Wildman–Crippen LogP) is -0.798. The highest BCUT2D eigenvalue weighted by molar-refractivity contribution is 5.26. The zero-order valence-electron chi connectivity index (χ0n) is 41.0. The molecule has 5 heterocycles. The van der Waals surface area contributed by atoms with Crippen LogP contribution in [0.5, 0.6) is 0 Å². The van der Waals surface area contributed by atoms with Crippen LogP contribution in [0.3, 0.4) is 0 Å². The zero-order chi connectivity index (χ0) is 50.0. The summed E-state index contributed by atoms with van der Waals surface area (Å²) >= 11 is 0. The van der Waals surface area contributed by atoms with Crippen molar-refractivity contribution in [3.05, 3.63) is 11.6 Å². The fourth-order valence-corrected chi connectivity index (χ4v) is 14.8. The Balaban J connectivity index is 0.819. The number of hydrogen-bond acceptors (Lipinski definition) is 20. The van der Waals surface area contributed by atoms with Crippen molar-refractivity contribution in [2.45, 2.75) is 202 Å². The molecule has 1 spiro atoms. The Kier molecular flexibility index (Phi) is 16.5. The molecule has 4 aliphatic carbocycles. The first-order valence-electron chi connectivity index (χ1n) is 26.1. The van der Waals surface area contributed by atoms with Crippen molar-refractivity contribution in [3.63, 3.8) is 0 Å². The fourth-order valence-electron chi connectivity index (χ4n) is 14.8. The van der Waals surface area contributed by atoms with Crippen molar-refractivity contribution < 1.29 is 98.8 Å². The molecule has 8 fully saturated rings. The second kappa shape index (κ2) is 21.5. The molecule has 9 rings (SSSR count). The molecule has 5 saturated heterocycles. The molecule has 20 heteroatoms. The molecule has 0 aromatic rings. The van der Waals surface area contributed by atoms with Gasteiger partial charge in [0.25, 0.3) is 0 Å². The molecule has 27 atom stereocenters. The van der Waals surface area contributed by atoms with Gasteiger partial charge < -0.3 is 98.8 Å². The standard InChI is InChI=1S/C50H82O20/c1-23-7-13-50(65-20-23)24(2)35-31(70-50)16-30-28-6-5-26-15-27(8-11-48(26,3)29(28)9-12-49(30,35)4)62-14-10-25(21-63-45-41(59)38(56)36(54)32(17-51)66-45)22-64-46-43(61)40(58)44(34(19-53)68-46)69-47-42(60)39(57)37(55)33(18-52)67-47/h5,23-25,27-47,51-61H,6-22H2,1-4H3/t23-,24+,25+,27+,28-,29+,30+,31+,32-,33-,34-,35+,36-,37-,38+,39+,40-,41-,42-,43-,44-,45+,46+,47-,48+,49+,50-/m1/s1. The average Bonchev–Trinajstić information content (AvgIpc) is 3.80. The Labute approximate surface area is 410 Å². The van der Waals surface area contributed by atoms with E-state index in [0.29, 0.717) is 41.9 Å². The van der Waals surface area contributed by atoms with Crippen LogP contribution < -0.4 is 0 Å². The second-order valence-electron chi connectivity index (χ2n) is 23.0. The fraction of sp³-hybridized carbons (Fsp3) is 0.960. The molecule has 0 amide bonds. The van der Waals surface area contributed by atoms with Gasteiger partial charge in [-0.25, -0.2) is 0 Å². The van der Waals surface area contributed by atoms with Crippen LogP contribution in [-0.2, 0) is 42.6 Å². The third-order valence-corrected chi connectivity index (χ3v) is 19.0. The van der Waals surface area contributed by atoms with Crippen LogP contribution in [0.2, 0.25) is 0 Å². The monoisotopic (exact) mass is 1000 g/mol. The van der Waals surface area contributed by atoms with Crippen LogP contribution in [-0.4, -0.2) is 213 Å². The van der Waals surface area contributed by atoms with Gasteiger partial charge in [0.05, 0.1) is 51.8 Å². The summed E-state index contributed by atoms with van der Waals surface area (Å²) in [6.45, 7) is 8.34. The van der Waals surface area contributed by atoms with Gasteiger partial charge in [-0.15, -0.1) is 0 Å².